The van der Waals surface area contributed by atoms with E-state index in [-0.39, 0.29) is 19.8 Å². The van der Waals surface area contributed by atoms with Crippen molar-refractivity contribution in [3.63, 3.8) is 0 Å². The van der Waals surface area contributed by atoms with Crippen LogP contribution in [0.2, 0.25) is 0 Å². The fraction of sp³-hybridized carbons (Fsp3) is 0.429. The van der Waals surface area contributed by atoms with E-state index in [1.807, 2.05) is 12.4 Å². The van der Waals surface area contributed by atoms with Crippen LogP contribution in [0.15, 0.2) is 18.7 Å². The van der Waals surface area contributed by atoms with Crippen molar-refractivity contribution in [1.82, 2.24) is 9.97 Å². The Balaban J connectivity index is 2.03. The predicted molar refractivity (Wildman–Crippen MR) is 49.5 cm³/mol. The molecule has 3 heteroatoms. The number of aromatic nitrogens is 2. The second-order valence-corrected chi connectivity index (χ2v) is 8.48. The van der Waals surface area contributed by atoms with Crippen LogP contribution in [0.5, 0.6) is 0 Å². The van der Waals surface area contributed by atoms with E-state index in [0.29, 0.717) is 0 Å². The van der Waals surface area contributed by atoms with Crippen LogP contribution in [0.4, 0.5) is 0 Å². The number of hydrogen-bond acceptors (Lipinski definition) is 2. The molecule has 54 valence electrons. The number of halogens is 1. The monoisotopic (exact) mass is 248 g/mol. The molecule has 1 aliphatic rings. The number of hydrogen-bond donors (Lipinski definition) is 0. The molecule has 1 saturated heterocycles. The molecule has 0 aromatic carbocycles. The Morgan fingerprint density at radius 2 is 2.00 bits per heavy atom. The molecular weight excluding hydrogens is 239 g/mol. The van der Waals surface area contributed by atoms with Crippen LogP contribution >= 0.6 is 19.8 Å². The van der Waals surface area contributed by atoms with E-state index < -0.39 is 0 Å². The standard InChI is InChI=1S/C7H9IN2/c1-2-8(1)3-7-4-9-6-10-5-7/h4-6H,1-3H2. The molecule has 1 fully saturated rings. The first-order chi connectivity index (χ1) is 4.95. The quantitative estimate of drug-likeness (QED) is 0.585. The summed E-state index contributed by atoms with van der Waals surface area (Å²) in [7, 11) is 0. The van der Waals surface area contributed by atoms with E-state index in [0.717, 1.165) is 0 Å². The van der Waals surface area contributed by atoms with Gasteiger partial charge in [0.2, 0.25) is 0 Å². The average molecular weight is 248 g/mol. The van der Waals surface area contributed by atoms with Crippen LogP contribution in [0, 0.1) is 0 Å². The minimum absolute atomic E-state index is 0.376. The van der Waals surface area contributed by atoms with E-state index in [4.69, 9.17) is 0 Å². The predicted octanol–water partition coefficient (Wildman–Crippen LogP) is 1.50. The van der Waals surface area contributed by atoms with Gasteiger partial charge in [-0.3, -0.25) is 0 Å². The summed E-state index contributed by atoms with van der Waals surface area (Å²) in [6.07, 6.45) is 5.49. The van der Waals surface area contributed by atoms with E-state index in [1.54, 1.807) is 15.2 Å². The summed E-state index contributed by atoms with van der Waals surface area (Å²) in [5, 5.41) is 0. The van der Waals surface area contributed by atoms with Crippen LogP contribution in [-0.2, 0) is 4.43 Å². The van der Waals surface area contributed by atoms with Gasteiger partial charge in [-0.25, -0.2) is 0 Å². The molecule has 2 rings (SSSR count). The Hall–Kier alpha value is -0.190. The van der Waals surface area contributed by atoms with Crippen LogP contribution in [-0.4, -0.2) is 18.8 Å². The zero-order valence-corrected chi connectivity index (χ0v) is 7.78. The first-order valence-electron chi connectivity index (χ1n) is 3.27. The third kappa shape index (κ3) is 1.65. The van der Waals surface area contributed by atoms with Crippen molar-refractivity contribution in [2.24, 2.45) is 0 Å². The van der Waals surface area contributed by atoms with Crippen molar-refractivity contribution in [2.45, 2.75) is 4.43 Å². The summed E-state index contributed by atoms with van der Waals surface area (Å²) in [5.41, 5.74) is 1.35. The number of nitrogens with zero attached hydrogens (tertiary/aromatic N) is 2. The zero-order valence-electron chi connectivity index (χ0n) is 5.63. The third-order valence-corrected chi connectivity index (χ3v) is 5.98. The normalized spacial score (nSPS) is 19.0. The molecule has 1 aromatic rings. The molecule has 2 heterocycles. The molecule has 0 saturated carbocycles. The van der Waals surface area contributed by atoms with E-state index in [2.05, 4.69) is 9.97 Å². The Morgan fingerprint density at radius 1 is 1.30 bits per heavy atom. The van der Waals surface area contributed by atoms with Crippen molar-refractivity contribution in [2.75, 3.05) is 8.86 Å². The summed E-state index contributed by atoms with van der Waals surface area (Å²) < 4.78 is 4.45. The van der Waals surface area contributed by atoms with Gasteiger partial charge in [-0.05, 0) is 0 Å². The Morgan fingerprint density at radius 3 is 2.60 bits per heavy atom. The second kappa shape index (κ2) is 2.82. The first kappa shape index (κ1) is 6.52. The molecule has 2 nitrogen and oxygen atoms in total. The van der Waals surface area contributed by atoms with Crippen molar-refractivity contribution < 1.29 is 0 Å². The molecule has 0 unspecified atom stereocenters. The zero-order chi connectivity index (χ0) is 6.81. The van der Waals surface area contributed by atoms with Crippen LogP contribution in [0.1, 0.15) is 5.56 Å². The average Bonchev–Trinajstić information content (AvgIpc) is 2.74. The van der Waals surface area contributed by atoms with Crippen molar-refractivity contribution in [1.29, 1.82) is 0 Å². The minimum atomic E-state index is -0.376. The summed E-state index contributed by atoms with van der Waals surface area (Å²) in [6, 6.07) is 0. The van der Waals surface area contributed by atoms with E-state index in [9.17, 15) is 0 Å². The molecule has 10 heavy (non-hydrogen) atoms. The van der Waals surface area contributed by atoms with Gasteiger partial charge in [0.25, 0.3) is 0 Å². The SMILES string of the molecule is c1ncc(CI2CC2)cn1. The molecule has 0 radical (unpaired) electrons. The molecular formula is C7H9IN2. The van der Waals surface area contributed by atoms with E-state index >= 15 is 0 Å². The van der Waals surface area contributed by atoms with E-state index in [1.165, 1.54) is 9.99 Å². The molecule has 0 N–H and O–H groups in total. The maximum atomic E-state index is 3.98. The van der Waals surface area contributed by atoms with Gasteiger partial charge in [-0.15, -0.1) is 0 Å². The van der Waals surface area contributed by atoms with Crippen LogP contribution in [0.3, 0.4) is 0 Å². The van der Waals surface area contributed by atoms with Gasteiger partial charge in [0.05, 0.1) is 0 Å². The summed E-state index contributed by atoms with van der Waals surface area (Å²) in [6.45, 7) is 0. The van der Waals surface area contributed by atoms with Crippen molar-refractivity contribution >= 4 is 19.8 Å². The number of alkyl halides is 3. The van der Waals surface area contributed by atoms with Gasteiger partial charge in [-0.2, -0.15) is 0 Å². The summed E-state index contributed by atoms with van der Waals surface area (Å²) >= 11 is -0.376. The van der Waals surface area contributed by atoms with Gasteiger partial charge in [0, 0.05) is 0 Å². The molecule has 0 aliphatic carbocycles. The van der Waals surface area contributed by atoms with Gasteiger partial charge in [-0.1, -0.05) is 0 Å². The molecule has 0 amide bonds. The molecule has 1 aromatic heterocycles. The van der Waals surface area contributed by atoms with Gasteiger partial charge in [0.1, 0.15) is 0 Å². The topological polar surface area (TPSA) is 25.8 Å². The summed E-state index contributed by atoms with van der Waals surface area (Å²) in [5.74, 6) is 0. The van der Waals surface area contributed by atoms with Crippen LogP contribution < -0.4 is 0 Å². The van der Waals surface area contributed by atoms with Gasteiger partial charge >= 0.3 is 67.4 Å². The fourth-order valence-corrected chi connectivity index (χ4v) is 5.43. The molecule has 1 aliphatic heterocycles. The Bertz CT molecular complexity index is 208. The first-order valence-corrected chi connectivity index (χ1v) is 7.84. The second-order valence-electron chi connectivity index (χ2n) is 2.33. The number of rotatable bonds is 2. The maximum absolute atomic E-state index is 3.98. The van der Waals surface area contributed by atoms with Crippen LogP contribution in [0.25, 0.3) is 0 Å². The third-order valence-electron chi connectivity index (χ3n) is 1.41. The van der Waals surface area contributed by atoms with Crippen molar-refractivity contribution in [3.05, 3.63) is 24.3 Å². The molecule has 0 spiro atoms. The molecule has 0 bridgehead atoms. The van der Waals surface area contributed by atoms with Gasteiger partial charge < -0.3 is 0 Å². The van der Waals surface area contributed by atoms with Crippen molar-refractivity contribution in [3.8, 4) is 0 Å². The Kier molecular flexibility index (Phi) is 1.84. The summed E-state index contributed by atoms with van der Waals surface area (Å²) in [4.78, 5) is 7.96. The Labute approximate surface area is 67.5 Å². The molecule has 0 atom stereocenters. The van der Waals surface area contributed by atoms with Gasteiger partial charge in [0.15, 0.2) is 0 Å². The fourth-order valence-electron chi connectivity index (χ4n) is 0.801.